The molecule has 0 aliphatic heterocycles. The second kappa shape index (κ2) is 7.96. The van der Waals surface area contributed by atoms with Gasteiger partial charge in [0.25, 0.3) is 0 Å². The van der Waals surface area contributed by atoms with E-state index in [0.717, 1.165) is 20.5 Å². The third-order valence-electron chi connectivity index (χ3n) is 3.65. The van der Waals surface area contributed by atoms with Gasteiger partial charge in [0, 0.05) is 9.37 Å². The van der Waals surface area contributed by atoms with Crippen LogP contribution in [-0.4, -0.2) is 31.9 Å². The van der Waals surface area contributed by atoms with E-state index in [4.69, 9.17) is 0 Å². The Balaban J connectivity index is 1.69. The van der Waals surface area contributed by atoms with Crippen molar-refractivity contribution < 1.29 is 9.18 Å². The number of aryl methyl sites for hydroxylation is 2. The Morgan fingerprint density at radius 2 is 2.08 bits per heavy atom. The molecule has 3 rings (SSSR count). The molecule has 6 nitrogen and oxygen atoms in total. The van der Waals surface area contributed by atoms with Crippen molar-refractivity contribution in [2.45, 2.75) is 18.7 Å². The van der Waals surface area contributed by atoms with E-state index in [0.29, 0.717) is 5.69 Å². The topological polar surface area (TPSA) is 72.7 Å². The van der Waals surface area contributed by atoms with Crippen molar-refractivity contribution in [1.29, 1.82) is 0 Å². The van der Waals surface area contributed by atoms with Crippen molar-refractivity contribution in [1.82, 2.24) is 20.2 Å². The van der Waals surface area contributed by atoms with Gasteiger partial charge in [0.1, 0.15) is 12.1 Å². The number of halogens is 2. The first-order chi connectivity index (χ1) is 12.4. The minimum atomic E-state index is -0.518. The van der Waals surface area contributed by atoms with Crippen molar-refractivity contribution in [3.63, 3.8) is 0 Å². The molecule has 1 amide bonds. The number of benzene rings is 2. The standard InChI is InChI=1S/C17H15BrFN5OS/c1-10-6-16(11(2)5-13(10)18)26-8-17(25)21-15-7-12(3-4-14(15)19)24-9-20-22-23-24/h3-7,9H,8H2,1-2H3,(H,21,25). The number of hydrogen-bond donors (Lipinski definition) is 1. The van der Waals surface area contributed by atoms with Gasteiger partial charge in [-0.2, -0.15) is 0 Å². The number of thioether (sulfide) groups is 1. The van der Waals surface area contributed by atoms with E-state index in [-0.39, 0.29) is 17.3 Å². The molecule has 9 heteroatoms. The molecule has 0 spiro atoms. The number of nitrogens with zero attached hydrogens (tertiary/aromatic N) is 4. The Morgan fingerprint density at radius 1 is 1.27 bits per heavy atom. The molecule has 0 radical (unpaired) electrons. The summed E-state index contributed by atoms with van der Waals surface area (Å²) < 4.78 is 16.4. The number of anilines is 1. The van der Waals surface area contributed by atoms with E-state index in [1.807, 2.05) is 26.0 Å². The smallest absolute Gasteiger partial charge is 0.234 e. The van der Waals surface area contributed by atoms with Gasteiger partial charge in [0.15, 0.2) is 0 Å². The number of hydrogen-bond acceptors (Lipinski definition) is 5. The number of nitrogens with one attached hydrogen (secondary N) is 1. The van der Waals surface area contributed by atoms with Crippen LogP contribution in [0.1, 0.15) is 11.1 Å². The average Bonchev–Trinajstić information content (AvgIpc) is 3.13. The lowest BCUT2D eigenvalue weighted by atomic mass is 10.2. The molecule has 0 aliphatic rings. The van der Waals surface area contributed by atoms with Gasteiger partial charge >= 0.3 is 0 Å². The predicted octanol–water partition coefficient (Wildman–Crippen LogP) is 3.91. The highest BCUT2D eigenvalue weighted by Gasteiger charge is 2.11. The highest BCUT2D eigenvalue weighted by Crippen LogP contribution is 2.28. The number of carbonyl (C=O) groups excluding carboxylic acids is 1. The van der Waals surface area contributed by atoms with E-state index in [1.54, 1.807) is 0 Å². The average molecular weight is 436 g/mol. The van der Waals surface area contributed by atoms with Crippen molar-refractivity contribution in [3.8, 4) is 5.69 Å². The number of aromatic nitrogens is 4. The maximum Gasteiger partial charge on any atom is 0.234 e. The number of rotatable bonds is 5. The van der Waals surface area contributed by atoms with Crippen LogP contribution in [0.25, 0.3) is 5.69 Å². The van der Waals surface area contributed by atoms with Gasteiger partial charge in [0.05, 0.1) is 17.1 Å². The lowest BCUT2D eigenvalue weighted by molar-refractivity contribution is -0.113. The van der Waals surface area contributed by atoms with E-state index < -0.39 is 5.82 Å². The molecular formula is C17H15BrFN5OS. The van der Waals surface area contributed by atoms with Gasteiger partial charge in [-0.1, -0.05) is 15.9 Å². The van der Waals surface area contributed by atoms with Gasteiger partial charge in [-0.3, -0.25) is 4.79 Å². The normalized spacial score (nSPS) is 10.8. The minimum absolute atomic E-state index is 0.0901. The van der Waals surface area contributed by atoms with Gasteiger partial charge in [0.2, 0.25) is 5.91 Å². The SMILES string of the molecule is Cc1cc(SCC(=O)Nc2cc(-n3cnnn3)ccc2F)c(C)cc1Br. The molecule has 134 valence electrons. The van der Waals surface area contributed by atoms with Gasteiger partial charge in [-0.15, -0.1) is 16.9 Å². The maximum absolute atomic E-state index is 14.0. The van der Waals surface area contributed by atoms with Crippen LogP contribution in [0.4, 0.5) is 10.1 Å². The van der Waals surface area contributed by atoms with Crippen LogP contribution in [0.5, 0.6) is 0 Å². The summed E-state index contributed by atoms with van der Waals surface area (Å²) in [6.07, 6.45) is 1.40. The number of amides is 1. The van der Waals surface area contributed by atoms with Crippen molar-refractivity contribution in [3.05, 3.63) is 58.1 Å². The highest BCUT2D eigenvalue weighted by molar-refractivity contribution is 9.10. The van der Waals surface area contributed by atoms with E-state index in [2.05, 4.69) is 36.8 Å². The van der Waals surface area contributed by atoms with Crippen LogP contribution < -0.4 is 5.32 Å². The van der Waals surface area contributed by atoms with Crippen LogP contribution in [0, 0.1) is 19.7 Å². The van der Waals surface area contributed by atoms with Crippen molar-refractivity contribution in [2.75, 3.05) is 11.1 Å². The third-order valence-corrected chi connectivity index (χ3v) is 5.66. The number of tetrazole rings is 1. The third kappa shape index (κ3) is 4.28. The summed E-state index contributed by atoms with van der Waals surface area (Å²) in [6, 6.07) is 8.33. The molecule has 26 heavy (non-hydrogen) atoms. The van der Waals surface area contributed by atoms with Crippen LogP contribution in [0.3, 0.4) is 0 Å². The molecule has 0 fully saturated rings. The Morgan fingerprint density at radius 3 is 2.81 bits per heavy atom. The Labute approximate surface area is 162 Å². The summed E-state index contributed by atoms with van der Waals surface area (Å²) in [7, 11) is 0. The van der Waals surface area contributed by atoms with Crippen LogP contribution in [-0.2, 0) is 4.79 Å². The lowest BCUT2D eigenvalue weighted by Crippen LogP contribution is -2.15. The van der Waals surface area contributed by atoms with Crippen LogP contribution >= 0.6 is 27.7 Å². The van der Waals surface area contributed by atoms with E-state index in [9.17, 15) is 9.18 Å². The fourth-order valence-corrected chi connectivity index (χ4v) is 3.63. The summed E-state index contributed by atoms with van der Waals surface area (Å²) in [5.74, 6) is -0.630. The molecular weight excluding hydrogens is 421 g/mol. The Bertz CT molecular complexity index is 949. The summed E-state index contributed by atoms with van der Waals surface area (Å²) in [4.78, 5) is 13.3. The lowest BCUT2D eigenvalue weighted by Gasteiger charge is -2.10. The first-order valence-corrected chi connectivity index (χ1v) is 9.44. The molecule has 0 saturated carbocycles. The molecule has 1 heterocycles. The minimum Gasteiger partial charge on any atom is -0.323 e. The second-order valence-electron chi connectivity index (χ2n) is 5.62. The fraction of sp³-hybridized carbons (Fsp3) is 0.176. The molecule has 2 aromatic carbocycles. The van der Waals surface area contributed by atoms with Gasteiger partial charge in [-0.05, 0) is 65.7 Å². The zero-order chi connectivity index (χ0) is 18.7. The molecule has 1 aromatic heterocycles. The fourth-order valence-electron chi connectivity index (χ4n) is 2.27. The Hall–Kier alpha value is -2.26. The van der Waals surface area contributed by atoms with Crippen molar-refractivity contribution in [2.24, 2.45) is 0 Å². The molecule has 3 aromatic rings. The molecule has 0 bridgehead atoms. The van der Waals surface area contributed by atoms with Crippen LogP contribution in [0.2, 0.25) is 0 Å². The second-order valence-corrected chi connectivity index (χ2v) is 7.49. The Kier molecular flexibility index (Phi) is 5.67. The molecule has 0 atom stereocenters. The first kappa shape index (κ1) is 18.5. The summed E-state index contributed by atoms with van der Waals surface area (Å²) >= 11 is 4.90. The zero-order valence-electron chi connectivity index (χ0n) is 14.0. The molecule has 0 unspecified atom stereocenters. The molecule has 1 N–H and O–H groups in total. The summed E-state index contributed by atoms with van der Waals surface area (Å²) in [6.45, 7) is 3.98. The van der Waals surface area contributed by atoms with Crippen LogP contribution in [0.15, 0.2) is 46.0 Å². The number of carbonyl (C=O) groups is 1. The van der Waals surface area contributed by atoms with Crippen molar-refractivity contribution >= 4 is 39.3 Å². The maximum atomic E-state index is 14.0. The largest absolute Gasteiger partial charge is 0.323 e. The van der Waals surface area contributed by atoms with E-state index >= 15 is 0 Å². The van der Waals surface area contributed by atoms with E-state index in [1.165, 1.54) is 41.0 Å². The first-order valence-electron chi connectivity index (χ1n) is 7.66. The quantitative estimate of drug-likeness (QED) is 0.614. The summed E-state index contributed by atoms with van der Waals surface area (Å²) in [5, 5.41) is 13.4. The van der Waals surface area contributed by atoms with Gasteiger partial charge < -0.3 is 5.32 Å². The molecule has 0 saturated heterocycles. The zero-order valence-corrected chi connectivity index (χ0v) is 16.4. The monoisotopic (exact) mass is 435 g/mol. The molecule has 0 aliphatic carbocycles. The summed E-state index contributed by atoms with van der Waals surface area (Å²) in [5.41, 5.74) is 2.82. The van der Waals surface area contributed by atoms with Gasteiger partial charge in [-0.25, -0.2) is 9.07 Å². The predicted molar refractivity (Wildman–Crippen MR) is 102 cm³/mol. The highest BCUT2D eigenvalue weighted by atomic mass is 79.9.